The van der Waals surface area contributed by atoms with Gasteiger partial charge in [0.2, 0.25) is 11.8 Å². The van der Waals surface area contributed by atoms with Crippen molar-refractivity contribution < 1.29 is 74.2 Å². The highest BCUT2D eigenvalue weighted by molar-refractivity contribution is 5.87. The van der Waals surface area contributed by atoms with Gasteiger partial charge >= 0.3 is 5.97 Å². The molecular formula is C29H52N2O15. The number of carboxylic acids is 1. The van der Waals surface area contributed by atoms with Crippen molar-refractivity contribution >= 4 is 17.8 Å². The molecule has 0 aliphatic carbocycles. The second-order valence-electron chi connectivity index (χ2n) is 11.6. The monoisotopic (exact) mass is 668 g/mol. The highest BCUT2D eigenvalue weighted by atomic mass is 16.7. The zero-order valence-corrected chi connectivity index (χ0v) is 26.2. The van der Waals surface area contributed by atoms with E-state index in [1.807, 2.05) is 0 Å². The number of carbonyl (C=O) groups is 3. The number of hydrogen-bond acceptors (Lipinski definition) is 14. The Morgan fingerprint density at radius 3 is 2.00 bits per heavy atom. The molecule has 0 aromatic heterocycles. The first-order valence-electron chi connectivity index (χ1n) is 15.9. The number of hydrogen-bond donors (Lipinski definition) is 10. The van der Waals surface area contributed by atoms with Crippen LogP contribution in [0.15, 0.2) is 0 Å². The molecule has 11 atom stereocenters. The third-order valence-corrected chi connectivity index (χ3v) is 7.91. The summed E-state index contributed by atoms with van der Waals surface area (Å²) in [5.41, 5.74) is 0. The van der Waals surface area contributed by atoms with Crippen LogP contribution in [0.4, 0.5) is 0 Å². The first-order valence-corrected chi connectivity index (χ1v) is 15.9. The smallest absolute Gasteiger partial charge is 0.303 e. The van der Waals surface area contributed by atoms with Gasteiger partial charge in [-0.15, -0.1) is 0 Å². The summed E-state index contributed by atoms with van der Waals surface area (Å²) in [4.78, 5) is 36.3. The summed E-state index contributed by atoms with van der Waals surface area (Å²) in [7, 11) is 0. The summed E-state index contributed by atoms with van der Waals surface area (Å²) < 4.78 is 22.0. The minimum absolute atomic E-state index is 0.0423. The van der Waals surface area contributed by atoms with Gasteiger partial charge in [-0.1, -0.05) is 39.0 Å². The summed E-state index contributed by atoms with van der Waals surface area (Å²) >= 11 is 0. The van der Waals surface area contributed by atoms with Crippen LogP contribution in [-0.2, 0) is 33.3 Å². The van der Waals surface area contributed by atoms with Gasteiger partial charge < -0.3 is 70.4 Å². The number of unbranched alkanes of at least 4 members (excludes halogenated alkanes) is 6. The molecule has 268 valence electrons. The Kier molecular flexibility index (Phi) is 18.4. The molecule has 2 aliphatic rings. The molecule has 2 aliphatic heterocycles. The molecule has 0 saturated carbocycles. The fraction of sp³-hybridized carbons (Fsp3) is 0.897. The molecule has 2 rings (SSSR count). The van der Waals surface area contributed by atoms with Crippen molar-refractivity contribution in [2.24, 2.45) is 0 Å². The SMILES string of the molecule is CCCCCCCCNC(=O)[C@H](COC1O[C@H](CO)[C@@H](O[C@@H]2O[C@H](CO)[C@H](O)[C@H](O)[C@H]2O)[C@H](O)[C@H]1O)NC(=O)CCCCC(=O)O. The largest absolute Gasteiger partial charge is 0.481 e. The maximum absolute atomic E-state index is 13.0. The van der Waals surface area contributed by atoms with Gasteiger partial charge in [-0.05, 0) is 19.3 Å². The number of aliphatic hydroxyl groups excluding tert-OH is 7. The van der Waals surface area contributed by atoms with Crippen LogP contribution in [0, 0.1) is 0 Å². The lowest BCUT2D eigenvalue weighted by Gasteiger charge is -2.46. The van der Waals surface area contributed by atoms with Crippen LogP contribution in [0.25, 0.3) is 0 Å². The number of aliphatic carboxylic acids is 1. The Morgan fingerprint density at radius 2 is 1.35 bits per heavy atom. The Hall–Kier alpha value is -2.03. The van der Waals surface area contributed by atoms with Crippen LogP contribution < -0.4 is 10.6 Å². The molecular weight excluding hydrogens is 616 g/mol. The van der Waals surface area contributed by atoms with E-state index in [1.54, 1.807) is 0 Å². The van der Waals surface area contributed by atoms with Crippen molar-refractivity contribution in [3.05, 3.63) is 0 Å². The Balaban J connectivity index is 2.02. The molecule has 0 bridgehead atoms. The van der Waals surface area contributed by atoms with E-state index in [4.69, 9.17) is 24.1 Å². The zero-order valence-electron chi connectivity index (χ0n) is 26.2. The van der Waals surface area contributed by atoms with Crippen LogP contribution >= 0.6 is 0 Å². The number of carbonyl (C=O) groups excluding carboxylic acids is 2. The molecule has 17 heteroatoms. The van der Waals surface area contributed by atoms with Gasteiger partial charge in [0.15, 0.2) is 12.6 Å². The number of nitrogens with one attached hydrogen (secondary N) is 2. The van der Waals surface area contributed by atoms with Crippen molar-refractivity contribution in [2.75, 3.05) is 26.4 Å². The van der Waals surface area contributed by atoms with Crippen LogP contribution in [0.3, 0.4) is 0 Å². The van der Waals surface area contributed by atoms with E-state index in [1.165, 1.54) is 0 Å². The van der Waals surface area contributed by atoms with E-state index in [9.17, 15) is 50.1 Å². The van der Waals surface area contributed by atoms with Crippen molar-refractivity contribution in [1.29, 1.82) is 0 Å². The van der Waals surface area contributed by atoms with Crippen LogP contribution in [0.2, 0.25) is 0 Å². The van der Waals surface area contributed by atoms with Gasteiger partial charge in [0, 0.05) is 19.4 Å². The predicted molar refractivity (Wildman–Crippen MR) is 157 cm³/mol. The van der Waals surface area contributed by atoms with Gasteiger partial charge in [-0.25, -0.2) is 0 Å². The quantitative estimate of drug-likeness (QED) is 0.0555. The first kappa shape index (κ1) is 40.1. The van der Waals surface area contributed by atoms with Crippen LogP contribution in [0.1, 0.15) is 71.1 Å². The molecule has 0 aromatic rings. The number of aliphatic hydroxyl groups is 7. The molecule has 10 N–H and O–H groups in total. The maximum Gasteiger partial charge on any atom is 0.303 e. The average Bonchev–Trinajstić information content (AvgIpc) is 3.03. The van der Waals surface area contributed by atoms with E-state index in [-0.39, 0.29) is 25.7 Å². The Labute approximate surface area is 267 Å². The lowest BCUT2D eigenvalue weighted by Crippen LogP contribution is -2.65. The van der Waals surface area contributed by atoms with Crippen molar-refractivity contribution in [2.45, 2.75) is 139 Å². The second kappa shape index (κ2) is 21.0. The minimum Gasteiger partial charge on any atom is -0.481 e. The molecule has 2 saturated heterocycles. The summed E-state index contributed by atoms with van der Waals surface area (Å²) in [5.74, 6) is -2.09. The molecule has 2 fully saturated rings. The number of carboxylic acid groups (broad SMARTS) is 1. The van der Waals surface area contributed by atoms with E-state index in [0.717, 1.165) is 38.5 Å². The molecule has 0 radical (unpaired) electrons. The molecule has 1 unspecified atom stereocenters. The van der Waals surface area contributed by atoms with Gasteiger partial charge in [0.1, 0.15) is 54.9 Å². The van der Waals surface area contributed by atoms with Gasteiger partial charge in [0.25, 0.3) is 0 Å². The topological polar surface area (TPSA) is 274 Å². The van der Waals surface area contributed by atoms with E-state index in [0.29, 0.717) is 6.54 Å². The van der Waals surface area contributed by atoms with E-state index < -0.39 is 105 Å². The standard InChI is InChI=1S/C29H52N2O15/c1-2-3-4-5-6-9-12-30-27(42)16(31-19(34)10-7-8-11-20(35)36)15-43-28-25(41)23(39)26(18(14-33)45-28)46-29-24(40)22(38)21(37)17(13-32)44-29/h16-18,21-26,28-29,32-33,37-41H,2-15H2,1H3,(H,30,42)(H,31,34)(H,35,36)/t16-,17+,18+,21-,22-,23+,24+,25+,26+,28?,29-/m0/s1. The summed E-state index contributed by atoms with van der Waals surface area (Å²) in [6.07, 6.45) is -10.0. The van der Waals surface area contributed by atoms with Gasteiger partial charge in [0.05, 0.1) is 19.8 Å². The molecule has 17 nitrogen and oxygen atoms in total. The molecule has 0 spiro atoms. The fourth-order valence-corrected chi connectivity index (χ4v) is 5.14. The number of amides is 2. The highest BCUT2D eigenvalue weighted by Crippen LogP contribution is 2.29. The van der Waals surface area contributed by atoms with Crippen LogP contribution in [0.5, 0.6) is 0 Å². The summed E-state index contributed by atoms with van der Waals surface area (Å²) in [5, 5.41) is 85.3. The number of ether oxygens (including phenoxy) is 4. The van der Waals surface area contributed by atoms with E-state index in [2.05, 4.69) is 17.6 Å². The third-order valence-electron chi connectivity index (χ3n) is 7.91. The number of rotatable bonds is 21. The Morgan fingerprint density at radius 1 is 0.739 bits per heavy atom. The maximum atomic E-state index is 13.0. The van der Waals surface area contributed by atoms with Crippen LogP contribution in [-0.4, -0.2) is 152 Å². The Bertz CT molecular complexity index is 910. The van der Waals surface area contributed by atoms with Gasteiger partial charge in [-0.2, -0.15) is 0 Å². The lowest BCUT2D eigenvalue weighted by molar-refractivity contribution is -0.359. The zero-order chi connectivity index (χ0) is 34.2. The van der Waals surface area contributed by atoms with Gasteiger partial charge in [-0.3, -0.25) is 14.4 Å². The minimum atomic E-state index is -1.82. The first-order chi connectivity index (χ1) is 21.9. The highest BCUT2D eigenvalue weighted by Gasteiger charge is 2.50. The normalized spacial score (nSPS) is 32.1. The summed E-state index contributed by atoms with van der Waals surface area (Å²) in [6, 6.07) is -1.24. The van der Waals surface area contributed by atoms with Crippen molar-refractivity contribution in [3.8, 4) is 0 Å². The van der Waals surface area contributed by atoms with Crippen molar-refractivity contribution in [1.82, 2.24) is 10.6 Å². The molecule has 2 amide bonds. The molecule has 46 heavy (non-hydrogen) atoms. The van der Waals surface area contributed by atoms with Crippen molar-refractivity contribution in [3.63, 3.8) is 0 Å². The predicted octanol–water partition coefficient (Wildman–Crippen LogP) is -2.77. The molecule has 0 aromatic carbocycles. The fourth-order valence-electron chi connectivity index (χ4n) is 5.14. The third kappa shape index (κ3) is 12.5. The second-order valence-corrected chi connectivity index (χ2v) is 11.6. The van der Waals surface area contributed by atoms with E-state index >= 15 is 0 Å². The summed E-state index contributed by atoms with van der Waals surface area (Å²) in [6.45, 7) is 0.445. The average molecular weight is 669 g/mol. The molecule has 2 heterocycles. The lowest BCUT2D eigenvalue weighted by atomic mass is 9.97.